The van der Waals surface area contributed by atoms with E-state index in [0.29, 0.717) is 19.0 Å². The zero-order valence-corrected chi connectivity index (χ0v) is 11.6. The lowest BCUT2D eigenvalue weighted by molar-refractivity contribution is -0.0126. The van der Waals surface area contributed by atoms with Gasteiger partial charge >= 0.3 is 0 Å². The van der Waals surface area contributed by atoms with E-state index in [1.54, 1.807) is 16.7 Å². The molecule has 21 heavy (non-hydrogen) atoms. The number of carbonyl (C=O) groups is 1. The summed E-state index contributed by atoms with van der Waals surface area (Å²) in [6.45, 7) is 1.75. The Kier molecular flexibility index (Phi) is 3.45. The van der Waals surface area contributed by atoms with Gasteiger partial charge in [-0.05, 0) is 0 Å². The Morgan fingerprint density at radius 1 is 1.57 bits per heavy atom. The second-order valence-electron chi connectivity index (χ2n) is 5.68. The van der Waals surface area contributed by atoms with Gasteiger partial charge in [0.2, 0.25) is 0 Å². The van der Waals surface area contributed by atoms with Crippen LogP contribution in [0.15, 0.2) is 10.7 Å². The van der Waals surface area contributed by atoms with Crippen LogP contribution in [0, 0.1) is 6.92 Å². The lowest BCUT2D eigenvalue weighted by Crippen LogP contribution is -2.62. The molecular weight excluding hydrogens is 284 g/mol. The predicted octanol–water partition coefficient (Wildman–Crippen LogP) is 0.509. The Hall–Kier alpha value is -1.54. The van der Waals surface area contributed by atoms with Crippen LogP contribution in [0.4, 0.5) is 8.78 Å². The molecule has 2 saturated heterocycles. The van der Waals surface area contributed by atoms with Crippen LogP contribution in [0.1, 0.15) is 22.8 Å². The maximum absolute atomic E-state index is 13.4. The fourth-order valence-corrected chi connectivity index (χ4v) is 2.97. The van der Waals surface area contributed by atoms with Gasteiger partial charge in [0.05, 0.1) is 13.2 Å². The summed E-state index contributed by atoms with van der Waals surface area (Å²) in [5, 5.41) is 9.22. The molecule has 2 fully saturated rings. The van der Waals surface area contributed by atoms with Crippen LogP contribution in [0.5, 0.6) is 0 Å². The first-order valence-electron chi connectivity index (χ1n) is 6.85. The van der Waals surface area contributed by atoms with Crippen molar-refractivity contribution in [3.63, 3.8) is 0 Å². The Bertz CT molecular complexity index is 543. The summed E-state index contributed by atoms with van der Waals surface area (Å²) in [4.78, 5) is 19.2. The van der Waals surface area contributed by atoms with Crippen molar-refractivity contribution in [3.8, 4) is 0 Å². The van der Waals surface area contributed by atoms with Crippen molar-refractivity contribution >= 4 is 5.91 Å². The summed E-state index contributed by atoms with van der Waals surface area (Å²) in [6, 6.07) is -0.663. The molecule has 1 aromatic heterocycles. The lowest BCUT2D eigenvalue weighted by atomic mass is 10.1. The second-order valence-corrected chi connectivity index (χ2v) is 5.68. The van der Waals surface area contributed by atoms with Crippen molar-refractivity contribution < 1.29 is 23.1 Å². The Labute approximate surface area is 120 Å². The van der Waals surface area contributed by atoms with E-state index >= 15 is 0 Å². The molecule has 2 aliphatic heterocycles. The number of carbonyl (C=O) groups excluding carboxylic acids is 1. The molecule has 0 aromatic carbocycles. The van der Waals surface area contributed by atoms with E-state index in [9.17, 15) is 18.7 Å². The molecular formula is C13H17F2N3O3. The molecule has 8 heteroatoms. The molecule has 1 atom stereocenters. The number of aryl methyl sites for hydroxylation is 1. The van der Waals surface area contributed by atoms with Gasteiger partial charge in [0, 0.05) is 38.5 Å². The average molecular weight is 301 g/mol. The number of alkyl halides is 2. The second kappa shape index (κ2) is 5.03. The summed E-state index contributed by atoms with van der Waals surface area (Å²) in [7, 11) is 0. The van der Waals surface area contributed by atoms with Crippen molar-refractivity contribution in [2.45, 2.75) is 31.4 Å². The quantitative estimate of drug-likeness (QED) is 0.881. The Morgan fingerprint density at radius 2 is 2.29 bits per heavy atom. The number of hydrogen-bond acceptors (Lipinski definition) is 5. The van der Waals surface area contributed by atoms with Crippen molar-refractivity contribution in [1.82, 2.24) is 14.8 Å². The van der Waals surface area contributed by atoms with Crippen LogP contribution in [-0.4, -0.2) is 70.0 Å². The van der Waals surface area contributed by atoms with Gasteiger partial charge < -0.3 is 14.4 Å². The molecule has 0 saturated carbocycles. The van der Waals surface area contributed by atoms with E-state index in [2.05, 4.69) is 4.98 Å². The fourth-order valence-electron chi connectivity index (χ4n) is 2.97. The van der Waals surface area contributed by atoms with Crippen molar-refractivity contribution in [1.29, 1.82) is 0 Å². The average Bonchev–Trinajstić information content (AvgIpc) is 2.91. The highest BCUT2D eigenvalue weighted by molar-refractivity contribution is 5.92. The number of aliphatic hydroxyl groups is 1. The zero-order valence-electron chi connectivity index (χ0n) is 11.6. The molecule has 0 radical (unpaired) electrons. The predicted molar refractivity (Wildman–Crippen MR) is 68.1 cm³/mol. The van der Waals surface area contributed by atoms with E-state index in [-0.39, 0.29) is 37.2 Å². The maximum Gasteiger partial charge on any atom is 0.275 e. The normalized spacial score (nSPS) is 26.1. The highest BCUT2D eigenvalue weighted by atomic mass is 19.3. The van der Waals surface area contributed by atoms with Gasteiger partial charge in [-0.1, -0.05) is 0 Å². The van der Waals surface area contributed by atoms with E-state index in [1.165, 1.54) is 6.26 Å². The summed E-state index contributed by atoms with van der Waals surface area (Å²) in [6.07, 6.45) is 0.974. The third-order valence-corrected chi connectivity index (χ3v) is 4.08. The minimum atomic E-state index is -2.76. The first-order valence-corrected chi connectivity index (χ1v) is 6.85. The van der Waals surface area contributed by atoms with Crippen LogP contribution in [0.25, 0.3) is 0 Å². The molecule has 6 nitrogen and oxygen atoms in total. The standard InChI is InChI=1S/C13H17F2N3O3/c1-8-16-11(6-21-8)12(20)17-3-10(4-17)18-7-13(14,15)2-9(18)5-19/h6,9-10,19H,2-5,7H2,1H3/t9-/m0/s1. The molecule has 1 N–H and O–H groups in total. The third-order valence-electron chi connectivity index (χ3n) is 4.08. The van der Waals surface area contributed by atoms with Gasteiger partial charge in [-0.2, -0.15) is 0 Å². The van der Waals surface area contributed by atoms with Crippen molar-refractivity contribution in [3.05, 3.63) is 17.8 Å². The van der Waals surface area contributed by atoms with Crippen LogP contribution < -0.4 is 0 Å². The molecule has 116 valence electrons. The summed E-state index contributed by atoms with van der Waals surface area (Å²) in [5.74, 6) is -2.61. The molecule has 1 aromatic rings. The monoisotopic (exact) mass is 301 g/mol. The van der Waals surface area contributed by atoms with E-state index < -0.39 is 12.0 Å². The highest BCUT2D eigenvalue weighted by Crippen LogP contribution is 2.35. The van der Waals surface area contributed by atoms with Crippen LogP contribution >= 0.6 is 0 Å². The molecule has 1 amide bonds. The van der Waals surface area contributed by atoms with Gasteiger partial charge in [0.1, 0.15) is 6.26 Å². The summed E-state index contributed by atoms with van der Waals surface area (Å²) in [5.41, 5.74) is 0.233. The Balaban J connectivity index is 1.59. The smallest absolute Gasteiger partial charge is 0.275 e. The number of aromatic nitrogens is 1. The molecule has 3 heterocycles. The third kappa shape index (κ3) is 2.65. The van der Waals surface area contributed by atoms with E-state index in [0.717, 1.165) is 0 Å². The number of likely N-dealkylation sites (tertiary alicyclic amines) is 2. The fraction of sp³-hybridized carbons (Fsp3) is 0.692. The minimum absolute atomic E-state index is 0.132. The lowest BCUT2D eigenvalue weighted by Gasteiger charge is -2.45. The van der Waals surface area contributed by atoms with Gasteiger partial charge in [-0.3, -0.25) is 9.69 Å². The van der Waals surface area contributed by atoms with Gasteiger partial charge in [0.25, 0.3) is 11.8 Å². The molecule has 2 aliphatic rings. The van der Waals surface area contributed by atoms with Gasteiger partial charge in [-0.25, -0.2) is 13.8 Å². The zero-order chi connectivity index (χ0) is 15.2. The molecule has 0 bridgehead atoms. The van der Waals surface area contributed by atoms with Gasteiger partial charge in [-0.15, -0.1) is 0 Å². The maximum atomic E-state index is 13.4. The molecule has 0 aliphatic carbocycles. The van der Waals surface area contributed by atoms with Crippen molar-refractivity contribution in [2.75, 3.05) is 26.2 Å². The van der Waals surface area contributed by atoms with Gasteiger partial charge in [0.15, 0.2) is 11.6 Å². The summed E-state index contributed by atoms with van der Waals surface area (Å²) >= 11 is 0. The Morgan fingerprint density at radius 3 is 2.86 bits per heavy atom. The molecule has 0 spiro atoms. The topological polar surface area (TPSA) is 69.8 Å². The van der Waals surface area contributed by atoms with Crippen LogP contribution in [-0.2, 0) is 0 Å². The highest BCUT2D eigenvalue weighted by Gasteiger charge is 2.50. The van der Waals surface area contributed by atoms with Crippen LogP contribution in [0.3, 0.4) is 0 Å². The first-order chi connectivity index (χ1) is 9.89. The number of rotatable bonds is 3. The van der Waals surface area contributed by atoms with Crippen LogP contribution in [0.2, 0.25) is 0 Å². The number of amides is 1. The number of nitrogens with zero attached hydrogens (tertiary/aromatic N) is 3. The molecule has 3 rings (SSSR count). The summed E-state index contributed by atoms with van der Waals surface area (Å²) < 4.78 is 31.8. The minimum Gasteiger partial charge on any atom is -0.448 e. The van der Waals surface area contributed by atoms with Crippen molar-refractivity contribution in [2.24, 2.45) is 0 Å². The molecule has 0 unspecified atom stereocenters. The number of oxazole rings is 1. The number of aliphatic hydroxyl groups excluding tert-OH is 1. The first kappa shape index (κ1) is 14.4. The number of hydrogen-bond donors (Lipinski definition) is 1. The largest absolute Gasteiger partial charge is 0.448 e. The number of halogens is 2. The van der Waals surface area contributed by atoms with E-state index in [1.807, 2.05) is 0 Å². The van der Waals surface area contributed by atoms with E-state index in [4.69, 9.17) is 4.42 Å². The SMILES string of the molecule is Cc1nc(C(=O)N2CC(N3CC(F)(F)C[C@H]3CO)C2)co1.